The molecule has 1 saturated heterocycles. The number of hydrogen-bond donors (Lipinski definition) is 8. The third kappa shape index (κ3) is 5.34. The number of aliphatic hydroxyl groups is 7. The van der Waals surface area contributed by atoms with Crippen molar-refractivity contribution in [2.45, 2.75) is 140 Å². The first-order chi connectivity index (χ1) is 21.6. The molecular formula is C35H52O12. The predicted molar refractivity (Wildman–Crippen MR) is 168 cm³/mol. The molecule has 3 aliphatic carbocycles. The number of aliphatic hydroxyl groups excluding tert-OH is 5. The summed E-state index contributed by atoms with van der Waals surface area (Å²) in [6.45, 7) is 11.4. The van der Waals surface area contributed by atoms with E-state index in [-0.39, 0.29) is 48.9 Å². The van der Waals surface area contributed by atoms with Gasteiger partial charge in [0.25, 0.3) is 0 Å². The topological polar surface area (TPSA) is 214 Å². The Bertz CT molecular complexity index is 1420. The molecule has 2 saturated carbocycles. The summed E-state index contributed by atoms with van der Waals surface area (Å²) in [6.07, 6.45) is -7.54. The Morgan fingerprint density at radius 1 is 1.04 bits per heavy atom. The van der Waals surface area contributed by atoms with Gasteiger partial charge < -0.3 is 50.3 Å². The standard InChI is InChI=1S/C35H52O12/c1-16-17-8-9-22-32(4)13-19(37)29(35(7,45)23(38)10-11-31(2,3)44)33(32,5)14-24(39)34(22,6)18(17)12-20(25(16)40)46-30-28(43)27(42)26(41)21(15-36)47-30/h12,19,21-22,26-30,36-37,40-45H,8-11,13-15H2,1-7H3/t19-,21-,22+,26-,27+,28-,29?,30?,32+,33-,34+,35+/m1/s1. The van der Waals surface area contributed by atoms with E-state index in [9.17, 15) is 50.4 Å². The van der Waals surface area contributed by atoms with E-state index in [1.807, 2.05) is 20.8 Å². The molecule has 8 N–H and O–H groups in total. The largest absolute Gasteiger partial charge is 0.504 e. The van der Waals surface area contributed by atoms with E-state index in [4.69, 9.17) is 9.47 Å². The normalized spacial score (nSPS) is 41.4. The Hall–Kier alpha value is -2.16. The van der Waals surface area contributed by atoms with Crippen LogP contribution in [0.4, 0.5) is 0 Å². The molecule has 47 heavy (non-hydrogen) atoms. The monoisotopic (exact) mass is 664 g/mol. The van der Waals surface area contributed by atoms with Crippen molar-refractivity contribution in [3.8, 4) is 11.5 Å². The molecule has 4 aliphatic rings. The molecule has 1 aliphatic heterocycles. The van der Waals surface area contributed by atoms with E-state index in [2.05, 4.69) is 0 Å². The number of ether oxygens (including phenoxy) is 2. The molecule has 12 heteroatoms. The molecule has 1 aromatic rings. The maximum absolute atomic E-state index is 14.6. The Kier molecular flexibility index (Phi) is 9.01. The van der Waals surface area contributed by atoms with Gasteiger partial charge in [0.2, 0.25) is 6.29 Å². The molecule has 264 valence electrons. The Balaban J connectivity index is 1.53. The fourth-order valence-electron chi connectivity index (χ4n) is 9.82. The van der Waals surface area contributed by atoms with Crippen LogP contribution >= 0.6 is 0 Å². The fourth-order valence-corrected chi connectivity index (χ4v) is 9.82. The smallest absolute Gasteiger partial charge is 0.229 e. The molecule has 12 atom stereocenters. The molecule has 0 radical (unpaired) electrons. The molecule has 12 nitrogen and oxygen atoms in total. The van der Waals surface area contributed by atoms with E-state index in [1.165, 1.54) is 6.92 Å². The number of rotatable bonds is 8. The van der Waals surface area contributed by atoms with Gasteiger partial charge in [0.05, 0.1) is 23.7 Å². The van der Waals surface area contributed by atoms with Crippen LogP contribution in [0.3, 0.4) is 0 Å². The van der Waals surface area contributed by atoms with Crippen LogP contribution in [0.1, 0.15) is 90.3 Å². The lowest BCUT2D eigenvalue weighted by molar-refractivity contribution is -0.277. The number of Topliss-reactive ketones (excluding diaryl/α,β-unsaturated/α-hetero) is 2. The van der Waals surface area contributed by atoms with Gasteiger partial charge in [-0.2, -0.15) is 0 Å². The van der Waals surface area contributed by atoms with Crippen LogP contribution in [0, 0.1) is 29.6 Å². The van der Waals surface area contributed by atoms with Crippen molar-refractivity contribution >= 4 is 11.6 Å². The number of ketones is 2. The summed E-state index contributed by atoms with van der Waals surface area (Å²) in [4.78, 5) is 28.0. The minimum absolute atomic E-state index is 0.0323. The average molecular weight is 665 g/mol. The molecule has 1 aromatic carbocycles. The third-order valence-corrected chi connectivity index (χ3v) is 12.7. The highest BCUT2D eigenvalue weighted by Crippen LogP contribution is 2.72. The van der Waals surface area contributed by atoms with Crippen LogP contribution in [-0.2, 0) is 26.2 Å². The van der Waals surface area contributed by atoms with Gasteiger partial charge in [0.15, 0.2) is 17.3 Å². The first-order valence-electron chi connectivity index (χ1n) is 16.6. The average Bonchev–Trinajstić information content (AvgIpc) is 3.19. The van der Waals surface area contributed by atoms with Gasteiger partial charge in [0.1, 0.15) is 35.8 Å². The van der Waals surface area contributed by atoms with Crippen molar-refractivity contribution in [3.63, 3.8) is 0 Å². The van der Waals surface area contributed by atoms with Crippen LogP contribution in [0.5, 0.6) is 11.5 Å². The second-order valence-electron chi connectivity index (χ2n) is 16.1. The number of hydrogen-bond acceptors (Lipinski definition) is 12. The summed E-state index contributed by atoms with van der Waals surface area (Å²) >= 11 is 0. The van der Waals surface area contributed by atoms with Crippen LogP contribution in [0.15, 0.2) is 6.07 Å². The Morgan fingerprint density at radius 3 is 2.28 bits per heavy atom. The van der Waals surface area contributed by atoms with Crippen LogP contribution in [0.2, 0.25) is 0 Å². The maximum Gasteiger partial charge on any atom is 0.229 e. The molecule has 0 amide bonds. The van der Waals surface area contributed by atoms with Crippen molar-refractivity contribution in [1.82, 2.24) is 0 Å². The molecule has 0 bridgehead atoms. The lowest BCUT2D eigenvalue weighted by Gasteiger charge is -2.61. The van der Waals surface area contributed by atoms with Crippen molar-refractivity contribution < 1.29 is 59.9 Å². The zero-order valence-corrected chi connectivity index (χ0v) is 28.4. The van der Waals surface area contributed by atoms with Gasteiger partial charge in [-0.25, -0.2) is 0 Å². The first-order valence-corrected chi connectivity index (χ1v) is 16.6. The Morgan fingerprint density at radius 2 is 1.68 bits per heavy atom. The molecule has 3 fully saturated rings. The lowest BCUT2D eigenvalue weighted by atomic mass is 9.41. The predicted octanol–water partition coefficient (Wildman–Crippen LogP) is 0.937. The summed E-state index contributed by atoms with van der Waals surface area (Å²) in [5.41, 5.74) is -3.99. The SMILES string of the molecule is Cc1c(O)c(OC2O[C@H](CO)[C@@H](O)[C@H](O)[C@H]2O)cc2c1CC[C@@H]1[C@@]2(C)C(=O)C[C@]2(C)C([C@@](C)(O)C(=O)CCC(C)(C)O)[C@H](O)C[C@@]12C. The van der Waals surface area contributed by atoms with Crippen molar-refractivity contribution in [2.75, 3.05) is 6.61 Å². The highest BCUT2D eigenvalue weighted by atomic mass is 16.7. The minimum atomic E-state index is -1.95. The number of benzene rings is 1. The summed E-state index contributed by atoms with van der Waals surface area (Å²) in [5.74, 6) is -2.26. The van der Waals surface area contributed by atoms with Gasteiger partial charge in [-0.1, -0.05) is 13.8 Å². The van der Waals surface area contributed by atoms with Gasteiger partial charge in [-0.05, 0) is 99.8 Å². The number of aromatic hydroxyl groups is 1. The van der Waals surface area contributed by atoms with E-state index < -0.39 is 82.6 Å². The molecule has 0 aromatic heterocycles. The van der Waals surface area contributed by atoms with Crippen molar-refractivity contribution in [1.29, 1.82) is 0 Å². The summed E-state index contributed by atoms with van der Waals surface area (Å²) < 4.78 is 11.4. The molecule has 0 spiro atoms. The zero-order valence-electron chi connectivity index (χ0n) is 28.4. The molecular weight excluding hydrogens is 612 g/mol. The van der Waals surface area contributed by atoms with Crippen LogP contribution < -0.4 is 4.74 Å². The summed E-state index contributed by atoms with van der Waals surface area (Å²) in [6, 6.07) is 1.55. The van der Waals surface area contributed by atoms with E-state index in [1.54, 1.807) is 26.8 Å². The van der Waals surface area contributed by atoms with Gasteiger partial charge >= 0.3 is 0 Å². The van der Waals surface area contributed by atoms with Crippen LogP contribution in [-0.4, -0.2) is 107 Å². The Labute approximate surface area is 275 Å². The fraction of sp³-hybridized carbons (Fsp3) is 0.771. The van der Waals surface area contributed by atoms with Gasteiger partial charge in [-0.15, -0.1) is 0 Å². The second-order valence-corrected chi connectivity index (χ2v) is 16.1. The maximum atomic E-state index is 14.6. The number of phenolic OH excluding ortho intramolecular Hbond substituents is 1. The molecule has 5 rings (SSSR count). The lowest BCUT2D eigenvalue weighted by Crippen LogP contribution is -2.63. The highest BCUT2D eigenvalue weighted by molar-refractivity contribution is 5.94. The van der Waals surface area contributed by atoms with Crippen LogP contribution in [0.25, 0.3) is 0 Å². The van der Waals surface area contributed by atoms with E-state index in [0.29, 0.717) is 24.0 Å². The van der Waals surface area contributed by atoms with E-state index >= 15 is 0 Å². The quantitative estimate of drug-likeness (QED) is 0.195. The minimum Gasteiger partial charge on any atom is -0.504 e. The number of phenols is 1. The van der Waals surface area contributed by atoms with Gasteiger partial charge in [-0.3, -0.25) is 9.59 Å². The highest BCUT2D eigenvalue weighted by Gasteiger charge is 2.73. The van der Waals surface area contributed by atoms with Crippen molar-refractivity contribution in [2.24, 2.45) is 22.7 Å². The number of carbonyl (C=O) groups is 2. The summed E-state index contributed by atoms with van der Waals surface area (Å²) in [7, 11) is 0. The van der Waals surface area contributed by atoms with E-state index in [0.717, 1.165) is 5.56 Å². The van der Waals surface area contributed by atoms with Crippen molar-refractivity contribution in [3.05, 3.63) is 22.8 Å². The summed E-state index contributed by atoms with van der Waals surface area (Å²) in [5, 5.41) is 85.5. The molecule has 1 heterocycles. The first kappa shape index (κ1) is 36.1. The molecule has 2 unspecified atom stereocenters. The second kappa shape index (κ2) is 11.7. The van der Waals surface area contributed by atoms with Gasteiger partial charge in [0, 0.05) is 18.8 Å². The zero-order chi connectivity index (χ0) is 35.2. The number of carbonyl (C=O) groups excluding carboxylic acids is 2. The number of fused-ring (bicyclic) bond motifs is 5. The third-order valence-electron chi connectivity index (χ3n) is 12.7.